The van der Waals surface area contributed by atoms with Crippen LogP contribution in [0.1, 0.15) is 29.0 Å². The highest BCUT2D eigenvalue weighted by atomic mass is 16.2. The summed E-state index contributed by atoms with van der Waals surface area (Å²) in [4.78, 5) is 35.0. The minimum absolute atomic E-state index is 0.0244. The number of rotatable bonds is 4. The van der Waals surface area contributed by atoms with Gasteiger partial charge in [0.05, 0.1) is 6.42 Å². The Bertz CT molecular complexity index is 696. The fourth-order valence-corrected chi connectivity index (χ4v) is 2.99. The standard InChI is InChI=1S/C17H20N4O2/c1-20-9-7-19-17(20)16(23)14-5-3-8-21(12-14)15(22)10-13-4-2-6-18-11-13/h2,4,6-7,9,11,14H,3,5,8,10,12H2,1H3/t14-/m0/s1. The first kappa shape index (κ1) is 15.4. The maximum atomic E-state index is 12.6. The molecular formula is C17H20N4O2. The van der Waals surface area contributed by atoms with Gasteiger partial charge in [-0.25, -0.2) is 4.98 Å². The number of amides is 1. The molecule has 1 aliphatic heterocycles. The minimum atomic E-state index is -0.164. The molecule has 0 spiro atoms. The number of ketones is 1. The molecule has 0 aliphatic carbocycles. The molecule has 6 heteroatoms. The van der Waals surface area contributed by atoms with Crippen LogP contribution in [0.5, 0.6) is 0 Å². The molecule has 0 aromatic carbocycles. The topological polar surface area (TPSA) is 68.1 Å². The summed E-state index contributed by atoms with van der Waals surface area (Å²) >= 11 is 0. The summed E-state index contributed by atoms with van der Waals surface area (Å²) in [6, 6.07) is 3.72. The van der Waals surface area contributed by atoms with E-state index < -0.39 is 0 Å². The maximum absolute atomic E-state index is 12.6. The summed E-state index contributed by atoms with van der Waals surface area (Å²) in [5.74, 6) is 0.381. The summed E-state index contributed by atoms with van der Waals surface area (Å²) in [6.07, 6.45) is 8.77. The SMILES string of the molecule is Cn1ccnc1C(=O)[C@H]1CCCN(C(=O)Cc2cccnc2)C1. The third-order valence-electron chi connectivity index (χ3n) is 4.26. The molecule has 6 nitrogen and oxygen atoms in total. The Hall–Kier alpha value is -2.50. The Balaban J connectivity index is 1.65. The van der Waals surface area contributed by atoms with Gasteiger partial charge in [0.25, 0.3) is 0 Å². The van der Waals surface area contributed by atoms with Gasteiger partial charge in [-0.3, -0.25) is 14.6 Å². The van der Waals surface area contributed by atoms with Crippen molar-refractivity contribution >= 4 is 11.7 Å². The van der Waals surface area contributed by atoms with Crippen LogP contribution >= 0.6 is 0 Å². The van der Waals surface area contributed by atoms with Crippen LogP contribution in [0, 0.1) is 5.92 Å². The molecule has 2 aromatic rings. The number of pyridine rings is 1. The second kappa shape index (κ2) is 6.73. The zero-order valence-electron chi connectivity index (χ0n) is 13.2. The summed E-state index contributed by atoms with van der Waals surface area (Å²) < 4.78 is 1.73. The van der Waals surface area contributed by atoms with Crippen LogP contribution in [0.15, 0.2) is 36.9 Å². The molecule has 0 radical (unpaired) electrons. The first-order valence-electron chi connectivity index (χ1n) is 7.83. The molecule has 1 aliphatic rings. The van der Waals surface area contributed by atoms with E-state index >= 15 is 0 Å². The van der Waals surface area contributed by atoms with E-state index in [2.05, 4.69) is 9.97 Å². The van der Waals surface area contributed by atoms with Gasteiger partial charge in [-0.05, 0) is 24.5 Å². The zero-order chi connectivity index (χ0) is 16.2. The van der Waals surface area contributed by atoms with E-state index in [0.717, 1.165) is 18.4 Å². The van der Waals surface area contributed by atoms with E-state index in [-0.39, 0.29) is 17.6 Å². The minimum Gasteiger partial charge on any atom is -0.342 e. The number of hydrogen-bond donors (Lipinski definition) is 0. The molecule has 1 atom stereocenters. The number of hydrogen-bond acceptors (Lipinski definition) is 4. The normalized spacial score (nSPS) is 18.0. The average Bonchev–Trinajstić information content (AvgIpc) is 3.01. The van der Waals surface area contributed by atoms with E-state index in [1.54, 1.807) is 34.3 Å². The second-order valence-corrected chi connectivity index (χ2v) is 5.94. The molecular weight excluding hydrogens is 292 g/mol. The van der Waals surface area contributed by atoms with Crippen LogP contribution in [0.4, 0.5) is 0 Å². The van der Waals surface area contributed by atoms with Gasteiger partial charge >= 0.3 is 0 Å². The van der Waals surface area contributed by atoms with Crippen molar-refractivity contribution in [2.45, 2.75) is 19.3 Å². The predicted octanol–water partition coefficient (Wildman–Crippen LogP) is 1.48. The molecule has 0 bridgehead atoms. The number of nitrogens with zero attached hydrogens (tertiary/aromatic N) is 4. The largest absolute Gasteiger partial charge is 0.342 e. The van der Waals surface area contributed by atoms with Crippen molar-refractivity contribution in [3.8, 4) is 0 Å². The van der Waals surface area contributed by atoms with Crippen molar-refractivity contribution in [2.75, 3.05) is 13.1 Å². The first-order valence-corrected chi connectivity index (χ1v) is 7.83. The molecule has 3 rings (SSSR count). The highest BCUT2D eigenvalue weighted by molar-refractivity contribution is 5.95. The Morgan fingerprint density at radius 1 is 1.35 bits per heavy atom. The van der Waals surface area contributed by atoms with Gasteiger partial charge in [0.15, 0.2) is 5.82 Å². The lowest BCUT2D eigenvalue weighted by Crippen LogP contribution is -2.43. The van der Waals surface area contributed by atoms with Gasteiger partial charge < -0.3 is 9.47 Å². The summed E-state index contributed by atoms with van der Waals surface area (Å²) in [7, 11) is 1.81. The first-order chi connectivity index (χ1) is 11.1. The highest BCUT2D eigenvalue weighted by Gasteiger charge is 2.30. The van der Waals surface area contributed by atoms with Crippen molar-refractivity contribution < 1.29 is 9.59 Å². The molecule has 0 saturated carbocycles. The summed E-state index contributed by atoms with van der Waals surface area (Å²) in [6.45, 7) is 1.19. The number of likely N-dealkylation sites (tertiary alicyclic amines) is 1. The third-order valence-corrected chi connectivity index (χ3v) is 4.26. The molecule has 3 heterocycles. The van der Waals surface area contributed by atoms with E-state index in [1.165, 1.54) is 0 Å². The quantitative estimate of drug-likeness (QED) is 0.802. The van der Waals surface area contributed by atoms with Gasteiger partial charge in [0.1, 0.15) is 0 Å². The number of Topliss-reactive ketones (excluding diaryl/α,β-unsaturated/α-hetero) is 1. The molecule has 1 saturated heterocycles. The summed E-state index contributed by atoms with van der Waals surface area (Å²) in [5.41, 5.74) is 0.898. The van der Waals surface area contributed by atoms with Crippen LogP contribution in [0.2, 0.25) is 0 Å². The highest BCUT2D eigenvalue weighted by Crippen LogP contribution is 2.21. The van der Waals surface area contributed by atoms with Crippen molar-refractivity contribution in [1.82, 2.24) is 19.4 Å². The Morgan fingerprint density at radius 2 is 2.22 bits per heavy atom. The number of imidazole rings is 1. The van der Waals surface area contributed by atoms with E-state index in [0.29, 0.717) is 25.3 Å². The van der Waals surface area contributed by atoms with E-state index in [9.17, 15) is 9.59 Å². The van der Waals surface area contributed by atoms with Crippen LogP contribution in [0.3, 0.4) is 0 Å². The Kier molecular flexibility index (Phi) is 4.50. The Labute approximate surface area is 135 Å². The second-order valence-electron chi connectivity index (χ2n) is 5.94. The fraction of sp³-hybridized carbons (Fsp3) is 0.412. The van der Waals surface area contributed by atoms with Crippen LogP contribution in [0.25, 0.3) is 0 Å². The maximum Gasteiger partial charge on any atom is 0.227 e. The smallest absolute Gasteiger partial charge is 0.227 e. The fourth-order valence-electron chi connectivity index (χ4n) is 2.99. The van der Waals surface area contributed by atoms with Gasteiger partial charge in [-0.1, -0.05) is 6.07 Å². The van der Waals surface area contributed by atoms with Gasteiger partial charge in [-0.2, -0.15) is 0 Å². The molecule has 23 heavy (non-hydrogen) atoms. The van der Waals surface area contributed by atoms with Gasteiger partial charge in [0, 0.05) is 50.8 Å². The van der Waals surface area contributed by atoms with Gasteiger partial charge in [-0.15, -0.1) is 0 Å². The number of piperidine rings is 1. The molecule has 1 amide bonds. The number of aromatic nitrogens is 3. The lowest BCUT2D eigenvalue weighted by atomic mass is 9.93. The van der Waals surface area contributed by atoms with Crippen molar-refractivity contribution in [1.29, 1.82) is 0 Å². The molecule has 1 fully saturated rings. The molecule has 120 valence electrons. The van der Waals surface area contributed by atoms with Crippen molar-refractivity contribution in [2.24, 2.45) is 13.0 Å². The number of carbonyl (C=O) groups is 2. The molecule has 0 N–H and O–H groups in total. The van der Waals surface area contributed by atoms with E-state index in [4.69, 9.17) is 0 Å². The lowest BCUT2D eigenvalue weighted by Gasteiger charge is -2.32. The lowest BCUT2D eigenvalue weighted by molar-refractivity contribution is -0.131. The van der Waals surface area contributed by atoms with Crippen molar-refractivity contribution in [3.05, 3.63) is 48.3 Å². The predicted molar refractivity (Wildman–Crippen MR) is 84.8 cm³/mol. The van der Waals surface area contributed by atoms with Crippen LogP contribution < -0.4 is 0 Å². The van der Waals surface area contributed by atoms with E-state index in [1.807, 2.05) is 19.2 Å². The molecule has 0 unspecified atom stereocenters. The molecule has 2 aromatic heterocycles. The zero-order valence-corrected chi connectivity index (χ0v) is 13.2. The average molecular weight is 312 g/mol. The number of carbonyl (C=O) groups excluding carboxylic acids is 2. The summed E-state index contributed by atoms with van der Waals surface area (Å²) in [5, 5.41) is 0. The number of aryl methyl sites for hydroxylation is 1. The van der Waals surface area contributed by atoms with Gasteiger partial charge in [0.2, 0.25) is 11.7 Å². The van der Waals surface area contributed by atoms with Crippen molar-refractivity contribution in [3.63, 3.8) is 0 Å². The van der Waals surface area contributed by atoms with Crippen LogP contribution in [-0.4, -0.2) is 44.2 Å². The third kappa shape index (κ3) is 3.47. The Morgan fingerprint density at radius 3 is 2.91 bits per heavy atom. The monoisotopic (exact) mass is 312 g/mol. The van der Waals surface area contributed by atoms with Crippen LogP contribution in [-0.2, 0) is 18.3 Å².